The van der Waals surface area contributed by atoms with E-state index in [-0.39, 0.29) is 21.3 Å². The highest BCUT2D eigenvalue weighted by atomic mass is 35.5. The Kier molecular flexibility index (Phi) is 6.09. The number of sulfonamides is 1. The molecular weight excluding hydrogens is 448 g/mol. The van der Waals surface area contributed by atoms with E-state index in [1.807, 2.05) is 6.92 Å². The molecule has 0 aliphatic carbocycles. The molecule has 0 spiro atoms. The monoisotopic (exact) mass is 462 g/mol. The first-order valence-electron chi connectivity index (χ1n) is 8.66. The Morgan fingerprint density at radius 1 is 0.871 bits per heavy atom. The lowest BCUT2D eigenvalue weighted by Gasteiger charge is -2.12. The zero-order chi connectivity index (χ0) is 22.8. The number of nitrogens with one attached hydrogen (secondary N) is 2. The molecule has 0 radical (unpaired) electrons. The molecule has 3 aromatic rings. The van der Waals surface area contributed by atoms with Crippen molar-refractivity contribution >= 4 is 50.1 Å². The van der Waals surface area contributed by atoms with Crippen molar-refractivity contribution in [2.45, 2.75) is 11.8 Å². The first-order chi connectivity index (χ1) is 14.6. The van der Waals surface area contributed by atoms with Crippen molar-refractivity contribution in [1.29, 1.82) is 0 Å². The van der Waals surface area contributed by atoms with Crippen LogP contribution in [0.25, 0.3) is 0 Å². The Bertz CT molecular complexity index is 1280. The third-order valence-corrected chi connectivity index (χ3v) is 5.91. The van der Waals surface area contributed by atoms with Crippen LogP contribution in [0.3, 0.4) is 0 Å². The van der Waals surface area contributed by atoms with Gasteiger partial charge in [0.1, 0.15) is 5.69 Å². The van der Waals surface area contributed by atoms with Crippen LogP contribution in [0.1, 0.15) is 5.56 Å². The van der Waals surface area contributed by atoms with Gasteiger partial charge in [0, 0.05) is 11.8 Å². The number of halogens is 1. The van der Waals surface area contributed by atoms with Crippen molar-refractivity contribution in [3.8, 4) is 0 Å². The number of nitro benzene ring substituents is 2. The second-order valence-electron chi connectivity index (χ2n) is 6.45. The number of hydrogen-bond donors (Lipinski definition) is 2. The van der Waals surface area contributed by atoms with Crippen LogP contribution in [0.2, 0.25) is 5.02 Å². The number of nitro groups is 2. The molecule has 0 saturated carbocycles. The lowest BCUT2D eigenvalue weighted by atomic mass is 10.2. The lowest BCUT2D eigenvalue weighted by Crippen LogP contribution is -2.13. The number of hydrogen-bond acceptors (Lipinski definition) is 7. The summed E-state index contributed by atoms with van der Waals surface area (Å²) in [5.41, 5.74) is 0.448. The van der Waals surface area contributed by atoms with Crippen LogP contribution in [0.4, 0.5) is 28.4 Å². The van der Waals surface area contributed by atoms with E-state index in [1.165, 1.54) is 36.4 Å². The van der Waals surface area contributed by atoms with Crippen LogP contribution < -0.4 is 10.0 Å². The van der Waals surface area contributed by atoms with Gasteiger partial charge in [-0.15, -0.1) is 0 Å². The molecule has 3 rings (SSSR count). The molecule has 0 aliphatic rings. The van der Waals surface area contributed by atoms with Crippen molar-refractivity contribution < 1.29 is 18.3 Å². The van der Waals surface area contributed by atoms with E-state index in [2.05, 4.69) is 10.0 Å². The number of benzene rings is 3. The minimum Gasteiger partial charge on any atom is -0.350 e. The number of anilines is 3. The van der Waals surface area contributed by atoms with Crippen molar-refractivity contribution in [3.63, 3.8) is 0 Å². The maximum atomic E-state index is 12.5. The summed E-state index contributed by atoms with van der Waals surface area (Å²) in [5.74, 6) is 0. The average Bonchev–Trinajstić information content (AvgIpc) is 2.70. The first-order valence-corrected chi connectivity index (χ1v) is 10.5. The molecule has 10 nitrogen and oxygen atoms in total. The molecule has 0 bridgehead atoms. The fourth-order valence-electron chi connectivity index (χ4n) is 2.64. The van der Waals surface area contributed by atoms with Gasteiger partial charge >= 0.3 is 0 Å². The summed E-state index contributed by atoms with van der Waals surface area (Å²) >= 11 is 6.19. The van der Waals surface area contributed by atoms with Gasteiger partial charge in [-0.05, 0) is 43.3 Å². The van der Waals surface area contributed by atoms with Gasteiger partial charge < -0.3 is 5.32 Å². The standard InChI is InChI=1S/C19H15ClN4O6S/c1-12-2-6-15(7-3-12)31(29,30)22-17-8-4-13(10-16(17)20)21-18-9-5-14(23(25)26)11-19(18)24(27)28/h2-11,21-22H,1H3. The van der Waals surface area contributed by atoms with Crippen LogP contribution in [0.15, 0.2) is 65.6 Å². The van der Waals surface area contributed by atoms with E-state index >= 15 is 0 Å². The smallest absolute Gasteiger partial charge is 0.299 e. The van der Waals surface area contributed by atoms with Gasteiger partial charge in [0.2, 0.25) is 0 Å². The van der Waals surface area contributed by atoms with E-state index in [4.69, 9.17) is 11.6 Å². The fourth-order valence-corrected chi connectivity index (χ4v) is 4.01. The maximum Gasteiger partial charge on any atom is 0.299 e. The molecule has 160 valence electrons. The molecule has 2 N–H and O–H groups in total. The number of rotatable bonds is 7. The molecule has 31 heavy (non-hydrogen) atoms. The van der Waals surface area contributed by atoms with E-state index in [0.29, 0.717) is 5.69 Å². The van der Waals surface area contributed by atoms with Crippen molar-refractivity contribution in [3.05, 3.63) is 91.5 Å². The van der Waals surface area contributed by atoms with Gasteiger partial charge in [-0.3, -0.25) is 25.0 Å². The number of nitrogens with zero attached hydrogens (tertiary/aromatic N) is 2. The van der Waals surface area contributed by atoms with Crippen molar-refractivity contribution in [2.75, 3.05) is 10.0 Å². The van der Waals surface area contributed by atoms with E-state index in [1.54, 1.807) is 12.1 Å². The molecule has 0 saturated heterocycles. The summed E-state index contributed by atoms with van der Waals surface area (Å²) in [6.07, 6.45) is 0. The zero-order valence-corrected chi connectivity index (χ0v) is 17.5. The Hall–Kier alpha value is -3.70. The van der Waals surface area contributed by atoms with Gasteiger partial charge in [0.15, 0.2) is 0 Å². The quantitative estimate of drug-likeness (QED) is 0.370. The SMILES string of the molecule is Cc1ccc(S(=O)(=O)Nc2ccc(Nc3ccc([N+](=O)[O-])cc3[N+](=O)[O-])cc2Cl)cc1. The third kappa shape index (κ3) is 5.08. The second-order valence-corrected chi connectivity index (χ2v) is 8.54. The lowest BCUT2D eigenvalue weighted by molar-refractivity contribution is -0.393. The Labute approximate surface area is 181 Å². The predicted molar refractivity (Wildman–Crippen MR) is 116 cm³/mol. The van der Waals surface area contributed by atoms with Crippen LogP contribution in [-0.2, 0) is 10.0 Å². The normalized spacial score (nSPS) is 11.0. The van der Waals surface area contributed by atoms with Gasteiger partial charge in [-0.25, -0.2) is 8.42 Å². The summed E-state index contributed by atoms with van der Waals surface area (Å²) in [5, 5.41) is 24.9. The molecule has 0 aliphatic heterocycles. The van der Waals surface area contributed by atoms with Crippen molar-refractivity contribution in [2.24, 2.45) is 0 Å². The molecule has 0 aromatic heterocycles. The summed E-state index contributed by atoms with van der Waals surface area (Å²) < 4.78 is 27.5. The Morgan fingerprint density at radius 2 is 1.52 bits per heavy atom. The van der Waals surface area contributed by atoms with E-state index in [9.17, 15) is 28.6 Å². The van der Waals surface area contributed by atoms with E-state index in [0.717, 1.165) is 17.7 Å². The topological polar surface area (TPSA) is 144 Å². The minimum absolute atomic E-state index is 0.0136. The maximum absolute atomic E-state index is 12.5. The summed E-state index contributed by atoms with van der Waals surface area (Å²) in [6, 6.07) is 13.7. The molecule has 0 unspecified atom stereocenters. The molecule has 0 fully saturated rings. The highest BCUT2D eigenvalue weighted by Crippen LogP contribution is 2.34. The van der Waals surface area contributed by atoms with Crippen LogP contribution >= 0.6 is 11.6 Å². The highest BCUT2D eigenvalue weighted by molar-refractivity contribution is 7.92. The van der Waals surface area contributed by atoms with Crippen LogP contribution in [-0.4, -0.2) is 18.3 Å². The molecule has 0 amide bonds. The zero-order valence-electron chi connectivity index (χ0n) is 15.9. The fraction of sp³-hybridized carbons (Fsp3) is 0.0526. The third-order valence-electron chi connectivity index (χ3n) is 4.21. The summed E-state index contributed by atoms with van der Waals surface area (Å²) in [6.45, 7) is 1.84. The minimum atomic E-state index is -3.86. The molecule has 12 heteroatoms. The Morgan fingerprint density at radius 3 is 2.10 bits per heavy atom. The van der Waals surface area contributed by atoms with E-state index < -0.39 is 31.2 Å². The number of non-ortho nitro benzene ring substituents is 1. The van der Waals surface area contributed by atoms with Crippen LogP contribution in [0.5, 0.6) is 0 Å². The van der Waals surface area contributed by atoms with Gasteiger partial charge in [0.05, 0.1) is 31.5 Å². The number of aryl methyl sites for hydroxylation is 1. The summed E-state index contributed by atoms with van der Waals surface area (Å²) in [4.78, 5) is 20.7. The molecule has 0 heterocycles. The van der Waals surface area contributed by atoms with Gasteiger partial charge in [-0.1, -0.05) is 29.3 Å². The molecule has 0 atom stereocenters. The first kappa shape index (κ1) is 22.0. The van der Waals surface area contributed by atoms with Gasteiger partial charge in [-0.2, -0.15) is 0 Å². The predicted octanol–water partition coefficient (Wildman–Crippen LogP) is 5.01. The Balaban J connectivity index is 1.85. The molecular formula is C19H15ClN4O6S. The largest absolute Gasteiger partial charge is 0.350 e. The van der Waals surface area contributed by atoms with Crippen LogP contribution in [0, 0.1) is 27.2 Å². The highest BCUT2D eigenvalue weighted by Gasteiger charge is 2.20. The average molecular weight is 463 g/mol. The van der Waals surface area contributed by atoms with Gasteiger partial charge in [0.25, 0.3) is 21.4 Å². The molecule has 3 aromatic carbocycles. The van der Waals surface area contributed by atoms with Crippen molar-refractivity contribution in [1.82, 2.24) is 0 Å². The second kappa shape index (κ2) is 8.58. The summed E-state index contributed by atoms with van der Waals surface area (Å²) in [7, 11) is -3.86.